The Morgan fingerprint density at radius 3 is 2.48 bits per heavy atom. The highest BCUT2D eigenvalue weighted by Gasteiger charge is 2.42. The van der Waals surface area contributed by atoms with E-state index in [2.05, 4.69) is 4.98 Å². The van der Waals surface area contributed by atoms with Gasteiger partial charge < -0.3 is 4.98 Å². The van der Waals surface area contributed by atoms with Crippen LogP contribution in [-0.2, 0) is 16.0 Å². The molecule has 7 nitrogen and oxygen atoms in total. The van der Waals surface area contributed by atoms with Crippen LogP contribution in [0, 0.1) is 5.82 Å². The second-order valence-corrected chi connectivity index (χ2v) is 5.63. The van der Waals surface area contributed by atoms with Crippen LogP contribution < -0.4 is 5.56 Å². The summed E-state index contributed by atoms with van der Waals surface area (Å²) in [6, 6.07) is 7.78. The molecule has 1 aliphatic heterocycles. The Hall–Kier alpha value is -3.13. The zero-order chi connectivity index (χ0) is 18.1. The van der Waals surface area contributed by atoms with Gasteiger partial charge in [-0.05, 0) is 30.2 Å². The van der Waals surface area contributed by atoms with E-state index in [1.54, 1.807) is 0 Å². The van der Waals surface area contributed by atoms with Gasteiger partial charge in [-0.15, -0.1) is 0 Å². The molecule has 0 spiro atoms. The lowest BCUT2D eigenvalue weighted by molar-refractivity contribution is -0.158. The number of halogens is 1. The van der Waals surface area contributed by atoms with Gasteiger partial charge in [0, 0.05) is 12.5 Å². The maximum atomic E-state index is 12.9. The number of imide groups is 1. The summed E-state index contributed by atoms with van der Waals surface area (Å²) in [4.78, 5) is 50.4. The Balaban J connectivity index is 1.88. The molecule has 1 aromatic heterocycles. The lowest BCUT2D eigenvalue weighted by atomic mass is 9.88. The Kier molecular flexibility index (Phi) is 4.28. The number of rotatable bonds is 4. The van der Waals surface area contributed by atoms with E-state index in [9.17, 15) is 28.8 Å². The smallest absolute Gasteiger partial charge is 0.286 e. The minimum atomic E-state index is -1.47. The van der Waals surface area contributed by atoms with Gasteiger partial charge in [0.1, 0.15) is 11.7 Å². The third kappa shape index (κ3) is 3.11. The van der Waals surface area contributed by atoms with Gasteiger partial charge in [-0.1, -0.05) is 12.1 Å². The van der Waals surface area contributed by atoms with Gasteiger partial charge in [0.15, 0.2) is 5.78 Å². The van der Waals surface area contributed by atoms with Crippen molar-refractivity contribution in [3.8, 4) is 0 Å². The molecule has 8 heteroatoms. The minimum Gasteiger partial charge on any atom is -0.324 e. The van der Waals surface area contributed by atoms with E-state index >= 15 is 0 Å². The molecule has 0 fully saturated rings. The summed E-state index contributed by atoms with van der Waals surface area (Å²) in [6.45, 7) is 0. The summed E-state index contributed by atoms with van der Waals surface area (Å²) in [5, 5.41) is 9.54. The fourth-order valence-electron chi connectivity index (χ4n) is 2.73. The van der Waals surface area contributed by atoms with Gasteiger partial charge in [0.25, 0.3) is 11.8 Å². The highest BCUT2D eigenvalue weighted by atomic mass is 19.1. The van der Waals surface area contributed by atoms with Crippen LogP contribution in [0.2, 0.25) is 0 Å². The molecular weight excluding hydrogens is 331 g/mol. The quantitative estimate of drug-likeness (QED) is 0.492. The molecule has 2 aromatic rings. The third-order valence-electron chi connectivity index (χ3n) is 4.01. The molecule has 0 radical (unpaired) electrons. The second-order valence-electron chi connectivity index (χ2n) is 5.63. The lowest BCUT2D eigenvalue weighted by Gasteiger charge is -2.26. The van der Waals surface area contributed by atoms with Crippen LogP contribution in [0.1, 0.15) is 34.0 Å². The number of fused-ring (bicyclic) bond motifs is 1. The molecule has 2 heterocycles. The molecule has 0 bridgehead atoms. The number of hydroxylamine groups is 2. The third-order valence-corrected chi connectivity index (χ3v) is 4.01. The highest BCUT2D eigenvalue weighted by Crippen LogP contribution is 2.28. The number of amides is 2. The van der Waals surface area contributed by atoms with Crippen molar-refractivity contribution in [2.75, 3.05) is 0 Å². The molecule has 128 valence electrons. The molecule has 1 aromatic carbocycles. The summed E-state index contributed by atoms with van der Waals surface area (Å²) >= 11 is 0. The van der Waals surface area contributed by atoms with Gasteiger partial charge >= 0.3 is 0 Å². The van der Waals surface area contributed by atoms with E-state index in [4.69, 9.17) is 0 Å². The number of hydrogen-bond donors (Lipinski definition) is 2. The molecule has 0 aliphatic carbocycles. The number of hydrogen-bond acceptors (Lipinski definition) is 5. The standard InChI is InChI=1S/C17H13FN2O5/c18-10-4-1-9(2-5-10)3-7-12(21)14-15-11(6-8-13(22)19-15)16(23)20(25)17(14)24/h1-2,4-6,8,14,25H,3,7H2,(H,19,22). The van der Waals surface area contributed by atoms with Gasteiger partial charge in [-0.2, -0.15) is 5.06 Å². The van der Waals surface area contributed by atoms with Gasteiger partial charge in [-0.25, -0.2) is 4.39 Å². The fraction of sp³-hybridized carbons (Fsp3) is 0.176. The van der Waals surface area contributed by atoms with Crippen LogP contribution in [0.15, 0.2) is 41.2 Å². The van der Waals surface area contributed by atoms with Crippen LogP contribution in [0.5, 0.6) is 0 Å². The lowest BCUT2D eigenvalue weighted by Crippen LogP contribution is -2.46. The summed E-state index contributed by atoms with van der Waals surface area (Å²) in [5.41, 5.74) is -0.0995. The van der Waals surface area contributed by atoms with Crippen molar-refractivity contribution in [1.29, 1.82) is 0 Å². The number of aryl methyl sites for hydroxylation is 1. The van der Waals surface area contributed by atoms with Crippen LogP contribution >= 0.6 is 0 Å². The fourth-order valence-corrected chi connectivity index (χ4v) is 2.73. The molecule has 3 rings (SSSR count). The summed E-state index contributed by atoms with van der Waals surface area (Å²) in [5.74, 6) is -4.54. The zero-order valence-corrected chi connectivity index (χ0v) is 12.9. The van der Waals surface area contributed by atoms with E-state index in [-0.39, 0.29) is 29.2 Å². The number of Topliss-reactive ketones (excluding diaryl/α,β-unsaturated/α-hetero) is 1. The zero-order valence-electron chi connectivity index (χ0n) is 12.9. The normalized spacial score (nSPS) is 16.7. The number of carbonyl (C=O) groups excluding carboxylic acids is 3. The number of nitrogens with zero attached hydrogens (tertiary/aromatic N) is 1. The molecule has 0 saturated heterocycles. The number of aromatic nitrogens is 1. The number of ketones is 1. The van der Waals surface area contributed by atoms with Crippen LogP contribution in [0.25, 0.3) is 0 Å². The summed E-state index contributed by atoms with van der Waals surface area (Å²) in [6.07, 6.45) is 0.162. The minimum absolute atomic E-state index is 0.0829. The van der Waals surface area contributed by atoms with Gasteiger partial charge in [-0.3, -0.25) is 24.4 Å². The van der Waals surface area contributed by atoms with Crippen molar-refractivity contribution >= 4 is 17.6 Å². The summed E-state index contributed by atoms with van der Waals surface area (Å²) < 4.78 is 12.9. The van der Waals surface area contributed by atoms with Gasteiger partial charge in [0.2, 0.25) is 5.56 Å². The molecule has 1 unspecified atom stereocenters. The number of carbonyl (C=O) groups is 3. The first-order valence-corrected chi connectivity index (χ1v) is 7.46. The maximum Gasteiger partial charge on any atom is 0.286 e. The Labute approximate surface area is 140 Å². The molecule has 0 saturated carbocycles. The highest BCUT2D eigenvalue weighted by molar-refractivity contribution is 6.18. The average Bonchev–Trinajstić information content (AvgIpc) is 2.59. The number of pyridine rings is 1. The van der Waals surface area contributed by atoms with Crippen LogP contribution in [0.4, 0.5) is 4.39 Å². The molecule has 2 amide bonds. The predicted octanol–water partition coefficient (Wildman–Crippen LogP) is 1.17. The number of benzene rings is 1. The molecule has 2 N–H and O–H groups in total. The van der Waals surface area contributed by atoms with Gasteiger partial charge in [0.05, 0.1) is 11.3 Å². The van der Waals surface area contributed by atoms with Crippen molar-refractivity contribution in [3.05, 3.63) is 69.4 Å². The first kappa shape index (κ1) is 16.7. The second kappa shape index (κ2) is 6.40. The predicted molar refractivity (Wildman–Crippen MR) is 82.5 cm³/mol. The Morgan fingerprint density at radius 1 is 1.12 bits per heavy atom. The maximum absolute atomic E-state index is 12.9. The first-order valence-electron chi connectivity index (χ1n) is 7.46. The van der Waals surface area contributed by atoms with E-state index in [0.717, 1.165) is 12.1 Å². The van der Waals surface area contributed by atoms with Crippen molar-refractivity contribution in [2.45, 2.75) is 18.8 Å². The van der Waals surface area contributed by atoms with Crippen molar-refractivity contribution in [1.82, 2.24) is 10.0 Å². The number of H-pyrrole nitrogens is 1. The van der Waals surface area contributed by atoms with Crippen LogP contribution in [-0.4, -0.2) is 32.9 Å². The first-order chi connectivity index (χ1) is 11.9. The SMILES string of the molecule is O=C(CCc1ccc(F)cc1)C1C(=O)N(O)C(=O)c2ccc(=O)[nH]c21. The number of aromatic amines is 1. The van der Waals surface area contributed by atoms with E-state index < -0.39 is 34.9 Å². The topological polar surface area (TPSA) is 108 Å². The molecule has 1 aliphatic rings. The van der Waals surface area contributed by atoms with Crippen LogP contribution in [0.3, 0.4) is 0 Å². The Morgan fingerprint density at radius 2 is 1.80 bits per heavy atom. The average molecular weight is 344 g/mol. The Bertz CT molecular complexity index is 919. The molecular formula is C17H13FN2O5. The molecule has 1 atom stereocenters. The van der Waals surface area contributed by atoms with E-state index in [0.29, 0.717) is 5.56 Å². The molecule has 25 heavy (non-hydrogen) atoms. The summed E-state index contributed by atoms with van der Waals surface area (Å²) in [7, 11) is 0. The van der Waals surface area contributed by atoms with E-state index in [1.165, 1.54) is 24.3 Å². The van der Waals surface area contributed by atoms with Crippen molar-refractivity contribution < 1.29 is 24.0 Å². The number of nitrogens with one attached hydrogen (secondary N) is 1. The monoisotopic (exact) mass is 344 g/mol. The van der Waals surface area contributed by atoms with Crippen molar-refractivity contribution in [2.24, 2.45) is 0 Å². The van der Waals surface area contributed by atoms with E-state index in [1.807, 2.05) is 0 Å². The largest absolute Gasteiger partial charge is 0.324 e. The van der Waals surface area contributed by atoms with Crippen molar-refractivity contribution in [3.63, 3.8) is 0 Å².